The molecule has 56 valence electrons. The molecule has 1 heteroatoms. The van der Waals surface area contributed by atoms with Crippen LogP contribution in [0.2, 0.25) is 0 Å². The highest BCUT2D eigenvalue weighted by atomic mass is 16.3. The first-order valence-electron chi connectivity index (χ1n) is 3.72. The van der Waals surface area contributed by atoms with Crippen molar-refractivity contribution >= 4 is 0 Å². The van der Waals surface area contributed by atoms with Gasteiger partial charge >= 0.3 is 0 Å². The first-order valence-corrected chi connectivity index (χ1v) is 3.72. The lowest BCUT2D eigenvalue weighted by atomic mass is 10.1. The third-order valence-electron chi connectivity index (χ3n) is 2.07. The molecule has 0 amide bonds. The van der Waals surface area contributed by atoms with Crippen molar-refractivity contribution in [1.29, 1.82) is 0 Å². The summed E-state index contributed by atoms with van der Waals surface area (Å²) in [5.41, 5.74) is 2.69. The Labute approximate surface area is 62.1 Å². The lowest BCUT2D eigenvalue weighted by molar-refractivity contribution is 0.500. The van der Waals surface area contributed by atoms with E-state index < -0.39 is 0 Å². The van der Waals surface area contributed by atoms with Crippen molar-refractivity contribution in [1.82, 2.24) is 0 Å². The number of hydrogen-bond donors (Lipinski definition) is 0. The summed E-state index contributed by atoms with van der Waals surface area (Å²) in [5, 5.41) is 0. The van der Waals surface area contributed by atoms with Gasteiger partial charge in [0.2, 0.25) is 0 Å². The van der Waals surface area contributed by atoms with Gasteiger partial charge in [0.15, 0.2) is 0 Å². The summed E-state index contributed by atoms with van der Waals surface area (Å²) in [4.78, 5) is 0. The molecule has 0 aliphatic heterocycles. The standard InChI is InChI=1S/C9H14O/c1-5-9-6(2)7(3)10-8(9)4/h5H2,1-4H3. The van der Waals surface area contributed by atoms with Crippen LogP contribution in [0.4, 0.5) is 0 Å². The van der Waals surface area contributed by atoms with Gasteiger partial charge in [-0.25, -0.2) is 0 Å². The van der Waals surface area contributed by atoms with Crippen LogP contribution in [0.3, 0.4) is 0 Å². The van der Waals surface area contributed by atoms with Crippen molar-refractivity contribution in [2.45, 2.75) is 34.1 Å². The maximum absolute atomic E-state index is 5.44. The monoisotopic (exact) mass is 138 g/mol. The van der Waals surface area contributed by atoms with Gasteiger partial charge in [-0.1, -0.05) is 6.92 Å². The second-order valence-corrected chi connectivity index (χ2v) is 2.67. The molecule has 0 saturated heterocycles. The Balaban J connectivity index is 3.20. The summed E-state index contributed by atoms with van der Waals surface area (Å²) < 4.78 is 5.44. The minimum atomic E-state index is 1.06. The Morgan fingerprint density at radius 3 is 1.90 bits per heavy atom. The maximum atomic E-state index is 5.44. The molecule has 0 spiro atoms. The topological polar surface area (TPSA) is 13.1 Å². The van der Waals surface area contributed by atoms with Crippen LogP contribution in [0.5, 0.6) is 0 Å². The van der Waals surface area contributed by atoms with E-state index >= 15 is 0 Å². The molecule has 1 nitrogen and oxygen atoms in total. The highest BCUT2D eigenvalue weighted by molar-refractivity contribution is 5.30. The van der Waals surface area contributed by atoms with Crippen LogP contribution in [0, 0.1) is 20.8 Å². The van der Waals surface area contributed by atoms with Gasteiger partial charge in [0.25, 0.3) is 0 Å². The van der Waals surface area contributed by atoms with Crippen LogP contribution in [0.25, 0.3) is 0 Å². The molecule has 10 heavy (non-hydrogen) atoms. The fraction of sp³-hybridized carbons (Fsp3) is 0.556. The minimum Gasteiger partial charge on any atom is -0.466 e. The van der Waals surface area contributed by atoms with Gasteiger partial charge in [-0.15, -0.1) is 0 Å². The summed E-state index contributed by atoms with van der Waals surface area (Å²) >= 11 is 0. The Morgan fingerprint density at radius 1 is 1.10 bits per heavy atom. The third-order valence-corrected chi connectivity index (χ3v) is 2.07. The van der Waals surface area contributed by atoms with Crippen molar-refractivity contribution in [2.75, 3.05) is 0 Å². The molecular formula is C9H14O. The predicted octanol–water partition coefficient (Wildman–Crippen LogP) is 2.77. The summed E-state index contributed by atoms with van der Waals surface area (Å²) in [5.74, 6) is 2.15. The smallest absolute Gasteiger partial charge is 0.104 e. The van der Waals surface area contributed by atoms with Crippen LogP contribution in [-0.2, 0) is 6.42 Å². The SMILES string of the molecule is CCc1c(C)oc(C)c1C. The molecule has 1 aromatic rings. The Kier molecular flexibility index (Phi) is 1.84. The van der Waals surface area contributed by atoms with E-state index in [9.17, 15) is 0 Å². The van der Waals surface area contributed by atoms with Gasteiger partial charge in [0, 0.05) is 0 Å². The van der Waals surface area contributed by atoms with Crippen LogP contribution in [0.15, 0.2) is 4.42 Å². The molecule has 0 fully saturated rings. The quantitative estimate of drug-likeness (QED) is 0.581. The van der Waals surface area contributed by atoms with E-state index in [4.69, 9.17) is 4.42 Å². The second kappa shape index (κ2) is 2.49. The van der Waals surface area contributed by atoms with Gasteiger partial charge in [0.1, 0.15) is 11.5 Å². The first-order chi connectivity index (χ1) is 4.66. The summed E-state index contributed by atoms with van der Waals surface area (Å²) in [7, 11) is 0. The maximum Gasteiger partial charge on any atom is 0.104 e. The molecule has 0 unspecified atom stereocenters. The number of aryl methyl sites for hydroxylation is 2. The van der Waals surface area contributed by atoms with Gasteiger partial charge in [-0.2, -0.15) is 0 Å². The predicted molar refractivity (Wildman–Crippen MR) is 42.3 cm³/mol. The van der Waals surface area contributed by atoms with Gasteiger partial charge in [-0.05, 0) is 38.3 Å². The lowest BCUT2D eigenvalue weighted by Crippen LogP contribution is -1.82. The molecule has 0 atom stereocenters. The highest BCUT2D eigenvalue weighted by Gasteiger charge is 2.07. The normalized spacial score (nSPS) is 10.4. The van der Waals surface area contributed by atoms with Gasteiger partial charge in [-0.3, -0.25) is 0 Å². The van der Waals surface area contributed by atoms with Crippen molar-refractivity contribution in [3.63, 3.8) is 0 Å². The zero-order chi connectivity index (χ0) is 7.72. The summed E-state index contributed by atoms with van der Waals surface area (Å²) in [6.07, 6.45) is 1.08. The zero-order valence-electron chi connectivity index (χ0n) is 7.12. The Hall–Kier alpha value is -0.720. The van der Waals surface area contributed by atoms with Crippen LogP contribution in [-0.4, -0.2) is 0 Å². The second-order valence-electron chi connectivity index (χ2n) is 2.67. The Morgan fingerprint density at radius 2 is 1.70 bits per heavy atom. The molecule has 1 rings (SSSR count). The summed E-state index contributed by atoms with van der Waals surface area (Å²) in [6.45, 7) is 8.31. The highest BCUT2D eigenvalue weighted by Crippen LogP contribution is 2.20. The first kappa shape index (κ1) is 7.39. The molecule has 0 saturated carbocycles. The van der Waals surface area contributed by atoms with Crippen LogP contribution >= 0.6 is 0 Å². The fourth-order valence-electron chi connectivity index (χ4n) is 1.36. The molecule has 0 aliphatic carbocycles. The molecule has 0 N–H and O–H groups in total. The van der Waals surface area contributed by atoms with Crippen molar-refractivity contribution in [3.8, 4) is 0 Å². The molecule has 1 aromatic heterocycles. The summed E-state index contributed by atoms with van der Waals surface area (Å²) in [6, 6.07) is 0. The molecule has 0 radical (unpaired) electrons. The van der Waals surface area contributed by atoms with Crippen molar-refractivity contribution in [2.24, 2.45) is 0 Å². The zero-order valence-corrected chi connectivity index (χ0v) is 7.12. The van der Waals surface area contributed by atoms with Crippen molar-refractivity contribution in [3.05, 3.63) is 22.6 Å². The number of rotatable bonds is 1. The van der Waals surface area contributed by atoms with E-state index in [1.54, 1.807) is 0 Å². The number of hydrogen-bond acceptors (Lipinski definition) is 1. The Bertz CT molecular complexity index is 233. The van der Waals surface area contributed by atoms with E-state index in [2.05, 4.69) is 13.8 Å². The lowest BCUT2D eigenvalue weighted by Gasteiger charge is -1.91. The fourth-order valence-corrected chi connectivity index (χ4v) is 1.36. The number of furan rings is 1. The van der Waals surface area contributed by atoms with E-state index in [1.807, 2.05) is 13.8 Å². The van der Waals surface area contributed by atoms with Gasteiger partial charge in [0.05, 0.1) is 0 Å². The molecule has 0 aromatic carbocycles. The average molecular weight is 138 g/mol. The van der Waals surface area contributed by atoms with Crippen LogP contribution in [0.1, 0.15) is 29.6 Å². The molecule has 0 aliphatic rings. The molecule has 1 heterocycles. The third kappa shape index (κ3) is 0.962. The van der Waals surface area contributed by atoms with E-state index in [1.165, 1.54) is 11.1 Å². The van der Waals surface area contributed by atoms with E-state index in [-0.39, 0.29) is 0 Å². The minimum absolute atomic E-state index is 1.06. The average Bonchev–Trinajstić information content (AvgIpc) is 2.09. The van der Waals surface area contributed by atoms with E-state index in [0.717, 1.165) is 17.9 Å². The largest absolute Gasteiger partial charge is 0.466 e. The van der Waals surface area contributed by atoms with Gasteiger partial charge < -0.3 is 4.42 Å². The molecule has 0 bridgehead atoms. The van der Waals surface area contributed by atoms with Crippen molar-refractivity contribution < 1.29 is 4.42 Å². The van der Waals surface area contributed by atoms with E-state index in [0.29, 0.717) is 0 Å². The van der Waals surface area contributed by atoms with Crippen LogP contribution < -0.4 is 0 Å². The molecular weight excluding hydrogens is 124 g/mol.